The van der Waals surface area contributed by atoms with Crippen molar-refractivity contribution in [1.82, 2.24) is 10.1 Å². The molecule has 0 aliphatic carbocycles. The van der Waals surface area contributed by atoms with Crippen molar-refractivity contribution in [3.05, 3.63) is 72.5 Å². The number of hydrogen-bond donors (Lipinski definition) is 1. The zero-order valence-electron chi connectivity index (χ0n) is 15.1. The van der Waals surface area contributed by atoms with Gasteiger partial charge in [-0.1, -0.05) is 54.5 Å². The maximum Gasteiger partial charge on any atom is 0.254 e. The van der Waals surface area contributed by atoms with Crippen LogP contribution in [0.4, 0.5) is 5.82 Å². The third-order valence-electron chi connectivity index (χ3n) is 4.06. The Morgan fingerprint density at radius 2 is 1.70 bits per heavy atom. The summed E-state index contributed by atoms with van der Waals surface area (Å²) in [6, 6.07) is 18.9. The van der Waals surface area contributed by atoms with E-state index in [4.69, 9.17) is 0 Å². The van der Waals surface area contributed by atoms with Gasteiger partial charge in [0, 0.05) is 18.2 Å². The number of carbonyl (C=O) groups is 2. The Labute approximate surface area is 157 Å². The normalized spacial score (nSPS) is 10.4. The second-order valence-corrected chi connectivity index (χ2v) is 6.10. The number of rotatable bonds is 7. The number of amides is 2. The van der Waals surface area contributed by atoms with Crippen molar-refractivity contribution >= 4 is 17.6 Å². The van der Waals surface area contributed by atoms with Crippen molar-refractivity contribution in [2.24, 2.45) is 0 Å². The van der Waals surface area contributed by atoms with Crippen LogP contribution in [0.25, 0.3) is 11.1 Å². The van der Waals surface area contributed by atoms with Crippen molar-refractivity contribution in [2.45, 2.75) is 13.3 Å². The summed E-state index contributed by atoms with van der Waals surface area (Å²) in [5.74, 6) is -0.158. The first-order valence-electron chi connectivity index (χ1n) is 8.82. The van der Waals surface area contributed by atoms with E-state index in [1.807, 2.05) is 49.4 Å². The van der Waals surface area contributed by atoms with Gasteiger partial charge in [0.1, 0.15) is 12.8 Å². The van der Waals surface area contributed by atoms with E-state index in [1.54, 1.807) is 18.2 Å². The zero-order chi connectivity index (χ0) is 19.1. The van der Waals surface area contributed by atoms with Crippen LogP contribution in [0.3, 0.4) is 0 Å². The molecule has 3 aromatic rings. The van der Waals surface area contributed by atoms with Crippen LogP contribution in [0, 0.1) is 0 Å². The lowest BCUT2D eigenvalue weighted by Crippen LogP contribution is -2.38. The molecule has 0 aliphatic heterocycles. The van der Waals surface area contributed by atoms with Crippen molar-refractivity contribution in [3.8, 4) is 11.1 Å². The van der Waals surface area contributed by atoms with Gasteiger partial charge in [-0.15, -0.1) is 0 Å². The molecule has 3 rings (SSSR count). The van der Waals surface area contributed by atoms with Gasteiger partial charge in [-0.05, 0) is 29.7 Å². The standard InChI is InChI=1S/C21H21N3O3/c1-2-13-24(15-20(25)22-19-12-14-27-23-19)21(26)18-10-8-17(9-11-18)16-6-4-3-5-7-16/h3-12,14H,2,13,15H2,1H3,(H,22,23,25). The average molecular weight is 363 g/mol. The number of nitrogens with zero attached hydrogens (tertiary/aromatic N) is 2. The van der Waals surface area contributed by atoms with Gasteiger partial charge in [-0.25, -0.2) is 0 Å². The predicted molar refractivity (Wildman–Crippen MR) is 103 cm³/mol. The summed E-state index contributed by atoms with van der Waals surface area (Å²) < 4.78 is 4.69. The fourth-order valence-corrected chi connectivity index (χ4v) is 2.77. The molecule has 0 bridgehead atoms. The Morgan fingerprint density at radius 1 is 1.00 bits per heavy atom. The van der Waals surface area contributed by atoms with Crippen LogP contribution < -0.4 is 5.32 Å². The molecular formula is C21H21N3O3. The first kappa shape index (κ1) is 18.4. The second-order valence-electron chi connectivity index (χ2n) is 6.10. The number of aromatic nitrogens is 1. The highest BCUT2D eigenvalue weighted by Crippen LogP contribution is 2.20. The minimum atomic E-state index is -0.313. The van der Waals surface area contributed by atoms with Crippen LogP contribution in [-0.4, -0.2) is 35.0 Å². The number of benzene rings is 2. The van der Waals surface area contributed by atoms with E-state index in [2.05, 4.69) is 15.0 Å². The largest absolute Gasteiger partial charge is 0.363 e. The van der Waals surface area contributed by atoms with Crippen LogP contribution in [0.5, 0.6) is 0 Å². The van der Waals surface area contributed by atoms with E-state index in [0.717, 1.165) is 17.5 Å². The lowest BCUT2D eigenvalue weighted by atomic mass is 10.0. The molecule has 0 saturated heterocycles. The van der Waals surface area contributed by atoms with Crippen LogP contribution in [0.2, 0.25) is 0 Å². The van der Waals surface area contributed by atoms with Crippen LogP contribution in [0.1, 0.15) is 23.7 Å². The molecule has 6 heteroatoms. The highest BCUT2D eigenvalue weighted by molar-refractivity contribution is 5.99. The van der Waals surface area contributed by atoms with E-state index < -0.39 is 0 Å². The SMILES string of the molecule is CCCN(CC(=O)Nc1ccon1)C(=O)c1ccc(-c2ccccc2)cc1. The molecule has 1 heterocycles. The summed E-state index contributed by atoms with van der Waals surface area (Å²) in [5.41, 5.74) is 2.68. The number of anilines is 1. The van der Waals surface area contributed by atoms with Gasteiger partial charge in [0.25, 0.3) is 5.91 Å². The Bertz CT molecular complexity index is 875. The monoisotopic (exact) mass is 363 g/mol. The summed E-state index contributed by atoms with van der Waals surface area (Å²) in [7, 11) is 0. The van der Waals surface area contributed by atoms with Gasteiger partial charge in [0.05, 0.1) is 0 Å². The molecule has 1 aromatic heterocycles. The van der Waals surface area contributed by atoms with Gasteiger partial charge >= 0.3 is 0 Å². The van der Waals surface area contributed by atoms with Crippen LogP contribution in [-0.2, 0) is 4.79 Å². The molecule has 138 valence electrons. The average Bonchev–Trinajstić information content (AvgIpc) is 3.21. The summed E-state index contributed by atoms with van der Waals surface area (Å²) >= 11 is 0. The molecule has 1 N–H and O–H groups in total. The van der Waals surface area contributed by atoms with E-state index in [1.165, 1.54) is 11.2 Å². The molecular weight excluding hydrogens is 342 g/mol. The molecule has 0 atom stereocenters. The molecule has 2 amide bonds. The lowest BCUT2D eigenvalue weighted by Gasteiger charge is -2.21. The summed E-state index contributed by atoms with van der Waals surface area (Å²) in [6.45, 7) is 2.42. The fraction of sp³-hybridized carbons (Fsp3) is 0.190. The Balaban J connectivity index is 1.69. The van der Waals surface area contributed by atoms with Crippen molar-refractivity contribution in [1.29, 1.82) is 0 Å². The first-order chi connectivity index (χ1) is 13.2. The van der Waals surface area contributed by atoms with E-state index in [9.17, 15) is 9.59 Å². The molecule has 0 radical (unpaired) electrons. The molecule has 0 aliphatic rings. The summed E-state index contributed by atoms with van der Waals surface area (Å²) in [6.07, 6.45) is 2.13. The maximum absolute atomic E-state index is 12.8. The fourth-order valence-electron chi connectivity index (χ4n) is 2.77. The van der Waals surface area contributed by atoms with Gasteiger partial charge in [0.2, 0.25) is 5.91 Å². The van der Waals surface area contributed by atoms with Gasteiger partial charge in [-0.2, -0.15) is 0 Å². The minimum absolute atomic E-state index is 0.0417. The highest BCUT2D eigenvalue weighted by atomic mass is 16.5. The molecule has 0 spiro atoms. The minimum Gasteiger partial charge on any atom is -0.363 e. The number of nitrogens with one attached hydrogen (secondary N) is 1. The van der Waals surface area contributed by atoms with Crippen molar-refractivity contribution < 1.29 is 14.1 Å². The Hall–Kier alpha value is -3.41. The van der Waals surface area contributed by atoms with Crippen LogP contribution >= 0.6 is 0 Å². The topological polar surface area (TPSA) is 75.4 Å². The van der Waals surface area contributed by atoms with E-state index in [0.29, 0.717) is 17.9 Å². The van der Waals surface area contributed by atoms with Crippen molar-refractivity contribution in [3.63, 3.8) is 0 Å². The third kappa shape index (κ3) is 4.82. The lowest BCUT2D eigenvalue weighted by molar-refractivity contribution is -0.116. The van der Waals surface area contributed by atoms with Crippen molar-refractivity contribution in [2.75, 3.05) is 18.4 Å². The molecule has 0 saturated carbocycles. The van der Waals surface area contributed by atoms with E-state index >= 15 is 0 Å². The smallest absolute Gasteiger partial charge is 0.254 e. The third-order valence-corrected chi connectivity index (χ3v) is 4.06. The van der Waals surface area contributed by atoms with Gasteiger partial charge < -0.3 is 14.7 Å². The Kier molecular flexibility index (Phi) is 5.99. The molecule has 0 unspecified atom stereocenters. The van der Waals surface area contributed by atoms with E-state index in [-0.39, 0.29) is 18.4 Å². The summed E-state index contributed by atoms with van der Waals surface area (Å²) in [4.78, 5) is 26.6. The van der Waals surface area contributed by atoms with Gasteiger partial charge in [0.15, 0.2) is 5.82 Å². The quantitative estimate of drug-likeness (QED) is 0.692. The zero-order valence-corrected chi connectivity index (χ0v) is 15.1. The number of carbonyl (C=O) groups excluding carboxylic acids is 2. The molecule has 27 heavy (non-hydrogen) atoms. The van der Waals surface area contributed by atoms with Gasteiger partial charge in [-0.3, -0.25) is 9.59 Å². The molecule has 2 aromatic carbocycles. The molecule has 6 nitrogen and oxygen atoms in total. The second kappa shape index (κ2) is 8.80. The first-order valence-corrected chi connectivity index (χ1v) is 8.82. The number of hydrogen-bond acceptors (Lipinski definition) is 4. The Morgan fingerprint density at radius 3 is 2.33 bits per heavy atom. The molecule has 0 fully saturated rings. The van der Waals surface area contributed by atoms with Crippen LogP contribution in [0.15, 0.2) is 71.4 Å². The predicted octanol–water partition coefficient (Wildman–Crippen LogP) is 3.83. The maximum atomic E-state index is 12.8. The highest BCUT2D eigenvalue weighted by Gasteiger charge is 2.18. The summed E-state index contributed by atoms with van der Waals surface area (Å²) in [5, 5.41) is 6.25.